The van der Waals surface area contributed by atoms with Crippen molar-refractivity contribution in [2.45, 2.75) is 135 Å². The van der Waals surface area contributed by atoms with E-state index in [2.05, 4.69) is 6.92 Å². The van der Waals surface area contributed by atoms with Gasteiger partial charge in [-0.2, -0.15) is 0 Å². The van der Waals surface area contributed by atoms with E-state index in [1.54, 1.807) is 12.1 Å². The molecular weight excluding hydrogens is 380 g/mol. The molecule has 2 heteroatoms. The molecule has 0 radical (unpaired) electrons. The Balaban J connectivity index is 1.70. The molecule has 0 aliphatic rings. The minimum absolute atomic E-state index is 0.196. The molecule has 2 nitrogen and oxygen atoms in total. The second-order valence-electron chi connectivity index (χ2n) is 9.22. The normalized spacial score (nSPS) is 11.0. The quantitative estimate of drug-likeness (QED) is 0.135. The van der Waals surface area contributed by atoms with Gasteiger partial charge in [0.05, 0.1) is 12.2 Å². The molecule has 0 amide bonds. The van der Waals surface area contributed by atoms with Gasteiger partial charge in [0.1, 0.15) is 0 Å². The number of hydrogen-bond acceptors (Lipinski definition) is 2. The zero-order chi connectivity index (χ0) is 22.2. The Hall–Kier alpha value is -1.31. The van der Waals surface area contributed by atoms with Crippen LogP contribution in [0.25, 0.3) is 0 Å². The summed E-state index contributed by atoms with van der Waals surface area (Å²) in [5.41, 5.74) is 0.649. The maximum absolute atomic E-state index is 11.8. The predicted octanol–water partition coefficient (Wildman–Crippen LogP) is 9.67. The largest absolute Gasteiger partial charge is 0.462 e. The van der Waals surface area contributed by atoms with Crippen LogP contribution in [0, 0.1) is 0 Å². The summed E-state index contributed by atoms with van der Waals surface area (Å²) in [4.78, 5) is 11.8. The van der Waals surface area contributed by atoms with Crippen molar-refractivity contribution in [2.75, 3.05) is 6.61 Å². The number of carbonyl (C=O) groups is 1. The lowest BCUT2D eigenvalue weighted by Crippen LogP contribution is -2.06. The molecule has 1 aromatic rings. The van der Waals surface area contributed by atoms with Crippen LogP contribution in [-0.4, -0.2) is 12.6 Å². The second kappa shape index (κ2) is 21.9. The van der Waals surface area contributed by atoms with E-state index in [4.69, 9.17) is 4.74 Å². The molecule has 0 bridgehead atoms. The summed E-state index contributed by atoms with van der Waals surface area (Å²) in [5, 5.41) is 0. The van der Waals surface area contributed by atoms with E-state index in [1.165, 1.54) is 122 Å². The maximum Gasteiger partial charge on any atom is 0.338 e. The van der Waals surface area contributed by atoms with Gasteiger partial charge in [-0.15, -0.1) is 0 Å². The van der Waals surface area contributed by atoms with E-state index in [-0.39, 0.29) is 5.97 Å². The van der Waals surface area contributed by atoms with Crippen molar-refractivity contribution < 1.29 is 9.53 Å². The van der Waals surface area contributed by atoms with Crippen LogP contribution in [0.3, 0.4) is 0 Å². The van der Waals surface area contributed by atoms with Crippen molar-refractivity contribution in [3.05, 3.63) is 35.9 Å². The Morgan fingerprint density at radius 1 is 0.548 bits per heavy atom. The van der Waals surface area contributed by atoms with Gasteiger partial charge in [0.15, 0.2) is 0 Å². The molecule has 178 valence electrons. The highest BCUT2D eigenvalue weighted by atomic mass is 16.5. The van der Waals surface area contributed by atoms with Crippen LogP contribution in [0.2, 0.25) is 0 Å². The number of rotatable bonds is 22. The zero-order valence-electron chi connectivity index (χ0n) is 20.6. The predicted molar refractivity (Wildman–Crippen MR) is 135 cm³/mol. The molecule has 0 N–H and O–H groups in total. The molecule has 0 aromatic heterocycles. The SMILES string of the molecule is CCCCCCCCCCCCCCCCCCCCCCOC(=O)c1ccccc1. The average molecular weight is 431 g/mol. The van der Waals surface area contributed by atoms with Crippen molar-refractivity contribution in [3.8, 4) is 0 Å². The summed E-state index contributed by atoms with van der Waals surface area (Å²) in [7, 11) is 0. The first kappa shape index (κ1) is 27.7. The minimum atomic E-state index is -0.196. The summed E-state index contributed by atoms with van der Waals surface area (Å²) in [6.07, 6.45) is 27.6. The summed E-state index contributed by atoms with van der Waals surface area (Å²) in [6.45, 7) is 2.84. The summed E-state index contributed by atoms with van der Waals surface area (Å²) in [6, 6.07) is 9.26. The molecule has 0 saturated carbocycles. The van der Waals surface area contributed by atoms with Gasteiger partial charge >= 0.3 is 5.97 Å². The number of esters is 1. The average Bonchev–Trinajstić information content (AvgIpc) is 2.80. The topological polar surface area (TPSA) is 26.3 Å². The number of hydrogen-bond donors (Lipinski definition) is 0. The highest BCUT2D eigenvalue weighted by Gasteiger charge is 2.04. The van der Waals surface area contributed by atoms with Crippen molar-refractivity contribution in [1.82, 2.24) is 0 Å². The van der Waals surface area contributed by atoms with E-state index in [0.29, 0.717) is 12.2 Å². The van der Waals surface area contributed by atoms with E-state index in [9.17, 15) is 4.79 Å². The molecule has 1 rings (SSSR count). The second-order valence-corrected chi connectivity index (χ2v) is 9.22. The van der Waals surface area contributed by atoms with Crippen LogP contribution in [0.4, 0.5) is 0 Å². The number of benzene rings is 1. The molecule has 0 fully saturated rings. The number of ether oxygens (including phenoxy) is 1. The smallest absolute Gasteiger partial charge is 0.338 e. The first-order chi connectivity index (χ1) is 15.3. The molecule has 0 aliphatic carbocycles. The molecular formula is C29H50O2. The van der Waals surface area contributed by atoms with Crippen molar-refractivity contribution in [1.29, 1.82) is 0 Å². The Morgan fingerprint density at radius 2 is 0.903 bits per heavy atom. The zero-order valence-corrected chi connectivity index (χ0v) is 20.6. The molecule has 0 atom stereocenters. The van der Waals surface area contributed by atoms with Gasteiger partial charge in [-0.25, -0.2) is 4.79 Å². The van der Waals surface area contributed by atoms with Crippen LogP contribution < -0.4 is 0 Å². The molecule has 0 unspecified atom stereocenters. The van der Waals surface area contributed by atoms with Crippen molar-refractivity contribution in [2.24, 2.45) is 0 Å². The highest BCUT2D eigenvalue weighted by Crippen LogP contribution is 2.15. The monoisotopic (exact) mass is 430 g/mol. The third-order valence-corrected chi connectivity index (χ3v) is 6.24. The lowest BCUT2D eigenvalue weighted by Gasteiger charge is -2.05. The Kier molecular flexibility index (Phi) is 19.6. The summed E-state index contributed by atoms with van der Waals surface area (Å²) in [5.74, 6) is -0.196. The van der Waals surface area contributed by atoms with Crippen molar-refractivity contribution >= 4 is 5.97 Å². The van der Waals surface area contributed by atoms with Crippen LogP contribution in [0.1, 0.15) is 146 Å². The Labute approximate surface area is 193 Å². The van der Waals surface area contributed by atoms with Gasteiger partial charge in [-0.1, -0.05) is 147 Å². The highest BCUT2D eigenvalue weighted by molar-refractivity contribution is 5.89. The summed E-state index contributed by atoms with van der Waals surface area (Å²) >= 11 is 0. The van der Waals surface area contributed by atoms with Crippen LogP contribution >= 0.6 is 0 Å². The molecule has 1 aromatic carbocycles. The standard InChI is InChI=1S/C29H50O2/c1-2-3-4-5-6-7-8-9-10-11-12-13-14-15-16-17-18-19-20-24-27-31-29(30)28-25-22-21-23-26-28/h21-23,25-26H,2-20,24,27H2,1H3. The van der Waals surface area contributed by atoms with E-state index >= 15 is 0 Å². The molecule has 0 heterocycles. The molecule has 0 spiro atoms. The Morgan fingerprint density at radius 3 is 1.29 bits per heavy atom. The fourth-order valence-electron chi connectivity index (χ4n) is 4.18. The third kappa shape index (κ3) is 18.0. The fourth-order valence-corrected chi connectivity index (χ4v) is 4.18. The fraction of sp³-hybridized carbons (Fsp3) is 0.759. The van der Waals surface area contributed by atoms with Gasteiger partial charge in [0.25, 0.3) is 0 Å². The Bertz CT molecular complexity index is 497. The first-order valence-electron chi connectivity index (χ1n) is 13.6. The lowest BCUT2D eigenvalue weighted by molar-refractivity contribution is 0.0497. The molecule has 0 saturated heterocycles. The molecule has 0 aliphatic heterocycles. The van der Waals surface area contributed by atoms with Gasteiger partial charge in [-0.05, 0) is 18.6 Å². The van der Waals surface area contributed by atoms with Gasteiger partial charge in [-0.3, -0.25) is 0 Å². The van der Waals surface area contributed by atoms with E-state index in [0.717, 1.165) is 6.42 Å². The first-order valence-corrected chi connectivity index (χ1v) is 13.6. The van der Waals surface area contributed by atoms with Gasteiger partial charge in [0, 0.05) is 0 Å². The van der Waals surface area contributed by atoms with Crippen molar-refractivity contribution in [3.63, 3.8) is 0 Å². The van der Waals surface area contributed by atoms with Crippen LogP contribution in [0.5, 0.6) is 0 Å². The minimum Gasteiger partial charge on any atom is -0.462 e. The van der Waals surface area contributed by atoms with E-state index in [1.807, 2.05) is 18.2 Å². The third-order valence-electron chi connectivity index (χ3n) is 6.24. The molecule has 31 heavy (non-hydrogen) atoms. The maximum atomic E-state index is 11.8. The van der Waals surface area contributed by atoms with E-state index < -0.39 is 0 Å². The van der Waals surface area contributed by atoms with Gasteiger partial charge < -0.3 is 4.74 Å². The number of unbranched alkanes of at least 4 members (excludes halogenated alkanes) is 19. The van der Waals surface area contributed by atoms with Crippen LogP contribution in [-0.2, 0) is 4.74 Å². The number of carbonyl (C=O) groups excluding carboxylic acids is 1. The van der Waals surface area contributed by atoms with Gasteiger partial charge in [0.2, 0.25) is 0 Å². The summed E-state index contributed by atoms with van der Waals surface area (Å²) < 4.78 is 5.33. The lowest BCUT2D eigenvalue weighted by atomic mass is 10.0. The van der Waals surface area contributed by atoms with Crippen LogP contribution in [0.15, 0.2) is 30.3 Å².